The molecule has 0 fully saturated rings. The molecular weight excluding hydrogens is 598 g/mol. The van der Waals surface area contributed by atoms with Crippen molar-refractivity contribution >= 4 is 54.4 Å². The van der Waals surface area contributed by atoms with Crippen molar-refractivity contribution in [3.8, 4) is 11.1 Å². The molecule has 0 bridgehead atoms. The van der Waals surface area contributed by atoms with Crippen molar-refractivity contribution in [3.05, 3.63) is 127 Å². The van der Waals surface area contributed by atoms with Crippen LogP contribution in [0.4, 0.5) is 0 Å². The van der Waals surface area contributed by atoms with E-state index in [9.17, 15) is 9.59 Å². The zero-order valence-corrected chi connectivity index (χ0v) is 22.5. The lowest BCUT2D eigenvalue weighted by molar-refractivity contribution is 0.0677. The average molecular weight is 617 g/mol. The van der Waals surface area contributed by atoms with Gasteiger partial charge in [0.25, 0.3) is 5.56 Å². The first-order valence-electron chi connectivity index (χ1n) is 11.6. The van der Waals surface area contributed by atoms with E-state index in [2.05, 4.69) is 36.8 Å². The third-order valence-corrected chi connectivity index (χ3v) is 7.33. The molecule has 8 heteroatoms. The summed E-state index contributed by atoms with van der Waals surface area (Å²) in [6.45, 7) is 0. The quantitative estimate of drug-likeness (QED) is 0.230. The fourth-order valence-corrected chi connectivity index (χ4v) is 5.44. The van der Waals surface area contributed by atoms with E-state index in [1.807, 2.05) is 78.9 Å². The first-order chi connectivity index (χ1) is 18.0. The number of aromatic amines is 1. The standard InChI is InChI=1S/C29H19Br2N3O3/c30-19-11-12-21-20(15-19)26(18-9-5-2-6-10-18)27(28(35)32-21)22-16-23(17-7-3-1-4-8-17)34(33-22)29(36)24-13-14-25(31)37-24/h1-15,23H,16H2,(H,32,35)/t23-/m0/s1. The number of hydrogen-bond donors (Lipinski definition) is 1. The summed E-state index contributed by atoms with van der Waals surface area (Å²) in [5.74, 6) is -0.215. The fraction of sp³-hybridized carbons (Fsp3) is 0.0690. The number of pyridine rings is 1. The minimum Gasteiger partial charge on any atom is -0.444 e. The van der Waals surface area contributed by atoms with Gasteiger partial charge in [-0.3, -0.25) is 9.59 Å². The Bertz CT molecular complexity index is 1730. The molecule has 3 heterocycles. The number of carbonyl (C=O) groups is 1. The summed E-state index contributed by atoms with van der Waals surface area (Å²) in [5, 5.41) is 7.08. The second-order valence-electron chi connectivity index (χ2n) is 8.69. The van der Waals surface area contributed by atoms with Crippen LogP contribution in [0.25, 0.3) is 22.0 Å². The zero-order chi connectivity index (χ0) is 25.5. The highest BCUT2D eigenvalue weighted by Gasteiger charge is 2.36. The molecule has 1 aliphatic heterocycles. The summed E-state index contributed by atoms with van der Waals surface area (Å²) in [4.78, 5) is 30.2. The van der Waals surface area contributed by atoms with E-state index in [1.54, 1.807) is 12.1 Å². The summed E-state index contributed by atoms with van der Waals surface area (Å²) in [5.41, 5.74) is 4.05. The smallest absolute Gasteiger partial charge is 0.310 e. The number of nitrogens with one attached hydrogen (secondary N) is 1. The fourth-order valence-electron chi connectivity index (χ4n) is 4.77. The molecule has 0 aliphatic carbocycles. The maximum absolute atomic E-state index is 13.6. The SMILES string of the molecule is O=C(c1ccc(Br)o1)N1N=C(c2c(-c3ccccc3)c3cc(Br)ccc3[nH]c2=O)C[C@H]1c1ccccc1. The van der Waals surface area contributed by atoms with Crippen LogP contribution in [0.2, 0.25) is 0 Å². The number of benzene rings is 3. The van der Waals surface area contributed by atoms with Gasteiger partial charge >= 0.3 is 5.91 Å². The molecule has 1 N–H and O–H groups in total. The minimum absolute atomic E-state index is 0.164. The lowest BCUT2D eigenvalue weighted by atomic mass is 9.91. The van der Waals surface area contributed by atoms with Crippen molar-refractivity contribution in [2.24, 2.45) is 5.10 Å². The van der Waals surface area contributed by atoms with Gasteiger partial charge in [0, 0.05) is 27.4 Å². The van der Waals surface area contributed by atoms with E-state index in [4.69, 9.17) is 9.52 Å². The number of furan rings is 1. The van der Waals surface area contributed by atoms with Gasteiger partial charge in [-0.2, -0.15) is 5.10 Å². The molecule has 1 atom stereocenters. The van der Waals surface area contributed by atoms with Crippen LogP contribution in [-0.4, -0.2) is 21.6 Å². The molecular formula is C29H19Br2N3O3. The number of amides is 1. The Kier molecular flexibility index (Phi) is 6.14. The molecule has 0 saturated carbocycles. The van der Waals surface area contributed by atoms with Crippen LogP contribution < -0.4 is 5.56 Å². The van der Waals surface area contributed by atoms with Gasteiger partial charge in [0.15, 0.2) is 10.4 Å². The Morgan fingerprint density at radius 2 is 1.65 bits per heavy atom. The molecule has 3 aromatic carbocycles. The highest BCUT2D eigenvalue weighted by Crippen LogP contribution is 2.38. The second kappa shape index (κ2) is 9.61. The van der Waals surface area contributed by atoms with Crippen LogP contribution in [0.15, 0.2) is 114 Å². The lowest BCUT2D eigenvalue weighted by Gasteiger charge is -2.21. The van der Waals surface area contributed by atoms with Crippen LogP contribution in [0.5, 0.6) is 0 Å². The van der Waals surface area contributed by atoms with Crippen molar-refractivity contribution in [1.82, 2.24) is 9.99 Å². The minimum atomic E-state index is -0.395. The van der Waals surface area contributed by atoms with Gasteiger partial charge in [-0.15, -0.1) is 0 Å². The molecule has 0 unspecified atom stereocenters. The molecule has 0 spiro atoms. The zero-order valence-electron chi connectivity index (χ0n) is 19.3. The van der Waals surface area contributed by atoms with E-state index >= 15 is 0 Å². The summed E-state index contributed by atoms with van der Waals surface area (Å²) < 4.78 is 6.90. The maximum Gasteiger partial charge on any atom is 0.310 e. The summed E-state index contributed by atoms with van der Waals surface area (Å²) >= 11 is 6.84. The van der Waals surface area contributed by atoms with Crippen LogP contribution in [0.1, 0.15) is 34.1 Å². The van der Waals surface area contributed by atoms with Crippen molar-refractivity contribution in [2.45, 2.75) is 12.5 Å². The Morgan fingerprint density at radius 3 is 2.35 bits per heavy atom. The number of aromatic nitrogens is 1. The third-order valence-electron chi connectivity index (χ3n) is 6.41. The van der Waals surface area contributed by atoms with Gasteiger partial charge in [0.2, 0.25) is 0 Å². The molecule has 6 rings (SSSR count). The predicted molar refractivity (Wildman–Crippen MR) is 151 cm³/mol. The number of hydrazone groups is 1. The maximum atomic E-state index is 13.6. The van der Waals surface area contributed by atoms with Gasteiger partial charge in [-0.25, -0.2) is 5.01 Å². The molecule has 0 saturated heterocycles. The Labute approximate surface area is 228 Å². The Hall–Kier alpha value is -3.75. The van der Waals surface area contributed by atoms with E-state index in [1.165, 1.54) is 5.01 Å². The molecule has 182 valence electrons. The number of nitrogens with zero attached hydrogens (tertiary/aromatic N) is 2. The van der Waals surface area contributed by atoms with Crippen molar-refractivity contribution < 1.29 is 9.21 Å². The first-order valence-corrected chi connectivity index (χ1v) is 13.2. The van der Waals surface area contributed by atoms with Crippen molar-refractivity contribution in [1.29, 1.82) is 0 Å². The normalized spacial score (nSPS) is 15.2. The van der Waals surface area contributed by atoms with Crippen LogP contribution in [-0.2, 0) is 0 Å². The van der Waals surface area contributed by atoms with E-state index in [-0.39, 0.29) is 17.2 Å². The predicted octanol–water partition coefficient (Wildman–Crippen LogP) is 7.30. The lowest BCUT2D eigenvalue weighted by Crippen LogP contribution is -2.26. The Morgan fingerprint density at radius 1 is 0.919 bits per heavy atom. The van der Waals surface area contributed by atoms with Crippen LogP contribution in [0, 0.1) is 0 Å². The topological polar surface area (TPSA) is 78.7 Å². The van der Waals surface area contributed by atoms with Gasteiger partial charge in [-0.05, 0) is 57.4 Å². The van der Waals surface area contributed by atoms with Gasteiger partial charge in [0.05, 0.1) is 17.3 Å². The third kappa shape index (κ3) is 4.36. The monoisotopic (exact) mass is 615 g/mol. The summed E-state index contributed by atoms with van der Waals surface area (Å²) in [7, 11) is 0. The van der Waals surface area contributed by atoms with Gasteiger partial charge in [0.1, 0.15) is 0 Å². The Balaban J connectivity index is 1.57. The molecule has 1 amide bonds. The van der Waals surface area contributed by atoms with Crippen molar-refractivity contribution in [3.63, 3.8) is 0 Å². The van der Waals surface area contributed by atoms with E-state index in [0.717, 1.165) is 32.1 Å². The van der Waals surface area contributed by atoms with Crippen molar-refractivity contribution in [2.75, 3.05) is 0 Å². The number of fused-ring (bicyclic) bond motifs is 1. The van der Waals surface area contributed by atoms with Crippen LogP contribution >= 0.6 is 31.9 Å². The van der Waals surface area contributed by atoms with Gasteiger partial charge < -0.3 is 9.40 Å². The molecule has 0 radical (unpaired) electrons. The van der Waals surface area contributed by atoms with Crippen LogP contribution in [0.3, 0.4) is 0 Å². The molecule has 5 aromatic rings. The molecule has 37 heavy (non-hydrogen) atoms. The largest absolute Gasteiger partial charge is 0.444 e. The highest BCUT2D eigenvalue weighted by molar-refractivity contribution is 9.10. The summed E-state index contributed by atoms with van der Waals surface area (Å²) in [6.07, 6.45) is 0.375. The van der Waals surface area contributed by atoms with E-state index in [0.29, 0.717) is 22.4 Å². The molecule has 6 nitrogen and oxygen atoms in total. The summed E-state index contributed by atoms with van der Waals surface area (Å²) in [6, 6.07) is 28.1. The number of rotatable bonds is 4. The number of hydrogen-bond acceptors (Lipinski definition) is 4. The molecule has 2 aromatic heterocycles. The first kappa shape index (κ1) is 23.6. The number of halogens is 2. The highest BCUT2D eigenvalue weighted by atomic mass is 79.9. The second-order valence-corrected chi connectivity index (χ2v) is 10.4. The number of carbonyl (C=O) groups excluding carboxylic acids is 1. The molecule has 1 aliphatic rings. The van der Waals surface area contributed by atoms with E-state index < -0.39 is 6.04 Å². The van der Waals surface area contributed by atoms with Gasteiger partial charge in [-0.1, -0.05) is 76.6 Å². The number of H-pyrrole nitrogens is 1. The average Bonchev–Trinajstić information content (AvgIpc) is 3.55.